The third kappa shape index (κ3) is 2.78. The molecule has 2 aromatic heterocycles. The van der Waals surface area contributed by atoms with Gasteiger partial charge in [-0.2, -0.15) is 0 Å². The number of carbonyl (C=O) groups is 1. The van der Waals surface area contributed by atoms with E-state index in [1.165, 1.54) is 7.11 Å². The summed E-state index contributed by atoms with van der Waals surface area (Å²) in [5.41, 5.74) is 0.558. The zero-order valence-corrected chi connectivity index (χ0v) is 11.8. The Morgan fingerprint density at radius 1 is 1.43 bits per heavy atom. The summed E-state index contributed by atoms with van der Waals surface area (Å²) in [4.78, 5) is 16.5. The number of rotatable bonds is 4. The average Bonchev–Trinajstić information content (AvgIpc) is 3.05. The maximum absolute atomic E-state index is 12.5. The molecule has 1 aliphatic rings. The highest BCUT2D eigenvalue weighted by Crippen LogP contribution is 2.20. The Morgan fingerprint density at radius 2 is 2.24 bits per heavy atom. The van der Waals surface area contributed by atoms with E-state index in [9.17, 15) is 4.79 Å². The van der Waals surface area contributed by atoms with Crippen molar-refractivity contribution >= 4 is 5.78 Å². The minimum absolute atomic E-state index is 0.261. The lowest BCUT2D eigenvalue weighted by Gasteiger charge is -2.22. The maximum atomic E-state index is 12.5. The number of nitrogens with zero attached hydrogens (tertiary/aromatic N) is 4. The van der Waals surface area contributed by atoms with Crippen molar-refractivity contribution in [3.8, 4) is 5.75 Å². The Balaban J connectivity index is 1.83. The number of nitrogens with one attached hydrogen (secondary N) is 1. The molecule has 21 heavy (non-hydrogen) atoms. The molecule has 1 fully saturated rings. The molecule has 0 saturated carbocycles. The quantitative estimate of drug-likeness (QED) is 0.839. The van der Waals surface area contributed by atoms with Gasteiger partial charge in [0.15, 0.2) is 11.4 Å². The van der Waals surface area contributed by atoms with Gasteiger partial charge in [0.05, 0.1) is 19.3 Å². The Bertz CT molecular complexity index is 634. The largest absolute Gasteiger partial charge is 0.494 e. The molecular formula is C14H17N5O2. The van der Waals surface area contributed by atoms with Gasteiger partial charge in [-0.15, -0.1) is 5.10 Å². The fraction of sp³-hybridized carbons (Fsp3) is 0.429. The maximum Gasteiger partial charge on any atom is 0.237 e. The fourth-order valence-corrected chi connectivity index (χ4v) is 2.48. The van der Waals surface area contributed by atoms with Crippen LogP contribution in [0.5, 0.6) is 5.75 Å². The van der Waals surface area contributed by atoms with E-state index in [1.54, 1.807) is 29.2 Å². The zero-order valence-electron chi connectivity index (χ0n) is 11.8. The van der Waals surface area contributed by atoms with E-state index in [-0.39, 0.29) is 11.5 Å². The molecule has 1 aliphatic heterocycles. The molecule has 7 heteroatoms. The van der Waals surface area contributed by atoms with E-state index in [4.69, 9.17) is 4.74 Å². The molecule has 0 aromatic carbocycles. The van der Waals surface area contributed by atoms with Crippen LogP contribution >= 0.6 is 0 Å². The monoisotopic (exact) mass is 287 g/mol. The molecule has 1 saturated heterocycles. The Labute approximate surface area is 122 Å². The van der Waals surface area contributed by atoms with Crippen molar-refractivity contribution in [2.24, 2.45) is 0 Å². The molecule has 0 unspecified atom stereocenters. The van der Waals surface area contributed by atoms with Gasteiger partial charge in [-0.3, -0.25) is 4.79 Å². The molecule has 7 nitrogen and oxygen atoms in total. The van der Waals surface area contributed by atoms with Crippen LogP contribution in [-0.2, 0) is 0 Å². The number of piperidine rings is 1. The third-order valence-electron chi connectivity index (χ3n) is 3.63. The zero-order chi connectivity index (χ0) is 14.7. The Kier molecular flexibility index (Phi) is 3.92. The van der Waals surface area contributed by atoms with Crippen molar-refractivity contribution in [3.63, 3.8) is 0 Å². The predicted molar refractivity (Wildman–Crippen MR) is 75.4 cm³/mol. The first kappa shape index (κ1) is 13.7. The highest BCUT2D eigenvalue weighted by atomic mass is 16.5. The number of aromatic nitrogens is 4. The molecule has 3 heterocycles. The molecule has 0 atom stereocenters. The van der Waals surface area contributed by atoms with Crippen molar-refractivity contribution in [2.45, 2.75) is 18.9 Å². The molecule has 0 aliphatic carbocycles. The van der Waals surface area contributed by atoms with Crippen LogP contribution in [0.25, 0.3) is 0 Å². The van der Waals surface area contributed by atoms with Crippen molar-refractivity contribution < 1.29 is 9.53 Å². The summed E-state index contributed by atoms with van der Waals surface area (Å²) in [7, 11) is 1.51. The van der Waals surface area contributed by atoms with Crippen LogP contribution < -0.4 is 10.1 Å². The van der Waals surface area contributed by atoms with Crippen LogP contribution in [0.2, 0.25) is 0 Å². The number of pyridine rings is 1. The minimum atomic E-state index is -0.271. The summed E-state index contributed by atoms with van der Waals surface area (Å²) in [6, 6.07) is 3.73. The van der Waals surface area contributed by atoms with Gasteiger partial charge in [-0.05, 0) is 38.1 Å². The molecule has 110 valence electrons. The van der Waals surface area contributed by atoms with Gasteiger partial charge in [0.1, 0.15) is 5.75 Å². The minimum Gasteiger partial charge on any atom is -0.494 e. The van der Waals surface area contributed by atoms with E-state index in [0.29, 0.717) is 17.5 Å². The molecular weight excluding hydrogens is 270 g/mol. The summed E-state index contributed by atoms with van der Waals surface area (Å²) in [6.45, 7) is 1.92. The van der Waals surface area contributed by atoms with Gasteiger partial charge in [0.2, 0.25) is 5.78 Å². The topological polar surface area (TPSA) is 81.9 Å². The lowest BCUT2D eigenvalue weighted by molar-refractivity contribution is 0.102. The number of hydrogen-bond acceptors (Lipinski definition) is 6. The summed E-state index contributed by atoms with van der Waals surface area (Å²) in [6.07, 6.45) is 5.24. The molecule has 1 N–H and O–H groups in total. The van der Waals surface area contributed by atoms with Gasteiger partial charge < -0.3 is 10.1 Å². The van der Waals surface area contributed by atoms with Gasteiger partial charge in [-0.1, -0.05) is 5.21 Å². The molecule has 2 aromatic rings. The molecule has 0 amide bonds. The van der Waals surface area contributed by atoms with E-state index in [0.717, 1.165) is 25.9 Å². The number of methoxy groups -OCH3 is 1. The van der Waals surface area contributed by atoms with E-state index >= 15 is 0 Å². The highest BCUT2D eigenvalue weighted by molar-refractivity contribution is 6.07. The standard InChI is InChI=1S/C14H17N5O2/c1-21-12-3-2-6-16-13(12)14(20)11-9-19(18-17-11)10-4-7-15-8-5-10/h2-3,6,9-10,15H,4-5,7-8H2,1H3. The van der Waals surface area contributed by atoms with Crippen molar-refractivity contribution in [2.75, 3.05) is 20.2 Å². The van der Waals surface area contributed by atoms with Gasteiger partial charge in [0, 0.05) is 6.20 Å². The van der Waals surface area contributed by atoms with Crippen LogP contribution in [-0.4, -0.2) is 46.0 Å². The fourth-order valence-electron chi connectivity index (χ4n) is 2.48. The second kappa shape index (κ2) is 6.01. The van der Waals surface area contributed by atoms with Crippen LogP contribution in [0.4, 0.5) is 0 Å². The first-order valence-electron chi connectivity index (χ1n) is 6.96. The highest BCUT2D eigenvalue weighted by Gasteiger charge is 2.22. The van der Waals surface area contributed by atoms with Crippen LogP contribution in [0.15, 0.2) is 24.5 Å². The van der Waals surface area contributed by atoms with E-state index < -0.39 is 0 Å². The van der Waals surface area contributed by atoms with Crippen molar-refractivity contribution in [1.29, 1.82) is 0 Å². The summed E-state index contributed by atoms with van der Waals surface area (Å²) in [5.74, 6) is 0.173. The van der Waals surface area contributed by atoms with E-state index in [2.05, 4.69) is 20.6 Å². The number of ketones is 1. The molecule has 0 bridgehead atoms. The number of carbonyl (C=O) groups excluding carboxylic acids is 1. The number of hydrogen-bond donors (Lipinski definition) is 1. The number of ether oxygens (including phenoxy) is 1. The summed E-state index contributed by atoms with van der Waals surface area (Å²) in [5, 5.41) is 11.4. The van der Waals surface area contributed by atoms with E-state index in [1.807, 2.05) is 0 Å². The molecule has 3 rings (SSSR count). The molecule has 0 radical (unpaired) electrons. The van der Waals surface area contributed by atoms with Gasteiger partial charge >= 0.3 is 0 Å². The normalized spacial score (nSPS) is 15.9. The second-order valence-corrected chi connectivity index (χ2v) is 4.95. The van der Waals surface area contributed by atoms with Crippen molar-refractivity contribution in [3.05, 3.63) is 35.9 Å². The average molecular weight is 287 g/mol. The predicted octanol–water partition coefficient (Wildman–Crippen LogP) is 0.837. The summed E-state index contributed by atoms with van der Waals surface area (Å²) >= 11 is 0. The second-order valence-electron chi connectivity index (χ2n) is 4.95. The van der Waals surface area contributed by atoms with Crippen LogP contribution in [0.1, 0.15) is 35.1 Å². The van der Waals surface area contributed by atoms with Gasteiger partial charge in [-0.25, -0.2) is 9.67 Å². The SMILES string of the molecule is COc1cccnc1C(=O)c1cn(C2CCNCC2)nn1. The molecule has 0 spiro atoms. The van der Waals surface area contributed by atoms with Gasteiger partial charge in [0.25, 0.3) is 0 Å². The lowest BCUT2D eigenvalue weighted by Crippen LogP contribution is -2.29. The lowest BCUT2D eigenvalue weighted by atomic mass is 10.1. The Morgan fingerprint density at radius 3 is 3.00 bits per heavy atom. The van der Waals surface area contributed by atoms with Crippen molar-refractivity contribution in [1.82, 2.24) is 25.3 Å². The summed E-state index contributed by atoms with van der Waals surface area (Å²) < 4.78 is 6.95. The Hall–Kier alpha value is -2.28. The van der Waals surface area contributed by atoms with Crippen LogP contribution in [0.3, 0.4) is 0 Å². The first-order valence-corrected chi connectivity index (χ1v) is 6.96. The van der Waals surface area contributed by atoms with Crippen LogP contribution in [0, 0.1) is 0 Å². The third-order valence-corrected chi connectivity index (χ3v) is 3.63. The smallest absolute Gasteiger partial charge is 0.237 e. The first-order chi connectivity index (χ1) is 10.3.